The summed E-state index contributed by atoms with van der Waals surface area (Å²) in [4.78, 5) is 42.3. The molecule has 9 nitrogen and oxygen atoms in total. The van der Waals surface area contributed by atoms with Gasteiger partial charge in [-0.05, 0) is 56.1 Å². The highest BCUT2D eigenvalue weighted by Gasteiger charge is 2.20. The number of fused-ring (bicyclic) bond motifs is 1. The van der Waals surface area contributed by atoms with Crippen LogP contribution in [0.4, 0.5) is 10.1 Å². The third-order valence-corrected chi connectivity index (χ3v) is 4.93. The van der Waals surface area contributed by atoms with Crippen molar-refractivity contribution in [3.63, 3.8) is 0 Å². The molecule has 1 amide bonds. The molecule has 0 saturated carbocycles. The van der Waals surface area contributed by atoms with Gasteiger partial charge in [-0.2, -0.15) is 0 Å². The van der Waals surface area contributed by atoms with Crippen LogP contribution >= 0.6 is 0 Å². The topological polar surface area (TPSA) is 150 Å². The Morgan fingerprint density at radius 2 is 1.94 bits per heavy atom. The predicted molar refractivity (Wildman–Crippen MR) is 118 cm³/mol. The lowest BCUT2D eigenvalue weighted by Crippen LogP contribution is -2.41. The molecular weight excluding hydrogens is 417 g/mol. The van der Waals surface area contributed by atoms with E-state index in [1.165, 1.54) is 6.07 Å². The second-order valence-corrected chi connectivity index (χ2v) is 7.32. The van der Waals surface area contributed by atoms with Crippen LogP contribution in [0.1, 0.15) is 34.6 Å². The minimum Gasteiger partial charge on any atom is -0.480 e. The molecule has 10 heteroatoms. The molecule has 1 aromatic heterocycles. The number of carboxylic acids is 1. The molecule has 1 heterocycles. The number of H-pyrrole nitrogens is 1. The lowest BCUT2D eigenvalue weighted by molar-refractivity contribution is -0.139. The van der Waals surface area contributed by atoms with Crippen molar-refractivity contribution in [3.8, 4) is 0 Å². The lowest BCUT2D eigenvalue weighted by atomic mass is 10.1. The van der Waals surface area contributed by atoms with Crippen molar-refractivity contribution in [1.29, 1.82) is 0 Å². The van der Waals surface area contributed by atoms with Gasteiger partial charge in [-0.1, -0.05) is 12.1 Å². The van der Waals surface area contributed by atoms with Gasteiger partial charge in [0.15, 0.2) is 5.82 Å². The number of carbonyl (C=O) groups is 2. The Morgan fingerprint density at radius 1 is 1.22 bits per heavy atom. The zero-order valence-electron chi connectivity index (χ0n) is 17.4. The van der Waals surface area contributed by atoms with Gasteiger partial charge >= 0.3 is 5.97 Å². The Balaban J connectivity index is 1.67. The van der Waals surface area contributed by atoms with Crippen LogP contribution in [0.5, 0.6) is 0 Å². The second kappa shape index (κ2) is 10.0. The van der Waals surface area contributed by atoms with E-state index in [2.05, 4.69) is 20.6 Å². The van der Waals surface area contributed by atoms with E-state index in [9.17, 15) is 23.9 Å². The van der Waals surface area contributed by atoms with Gasteiger partial charge in [-0.25, -0.2) is 14.2 Å². The zero-order chi connectivity index (χ0) is 23.3. The summed E-state index contributed by atoms with van der Waals surface area (Å²) in [5.74, 6) is -1.91. The SMILES string of the molecule is Cc1nc2ccc(NCc3ccc(C(=O)N[C@@H](CCCN)C(=O)O)cc3)c(F)c2c(=O)[nH]1. The fraction of sp³-hybridized carbons (Fsp3) is 0.273. The van der Waals surface area contributed by atoms with Gasteiger partial charge < -0.3 is 26.5 Å². The first-order chi connectivity index (χ1) is 15.3. The molecule has 2 aromatic carbocycles. The molecule has 0 radical (unpaired) electrons. The van der Waals surface area contributed by atoms with Crippen molar-refractivity contribution in [2.24, 2.45) is 5.73 Å². The Kier molecular flexibility index (Phi) is 7.16. The minimum atomic E-state index is -1.12. The fourth-order valence-corrected chi connectivity index (χ4v) is 3.24. The van der Waals surface area contributed by atoms with Crippen LogP contribution in [-0.2, 0) is 11.3 Å². The molecule has 0 bridgehead atoms. The molecule has 0 saturated heterocycles. The van der Waals surface area contributed by atoms with Crippen LogP contribution in [0.2, 0.25) is 0 Å². The molecule has 0 spiro atoms. The minimum absolute atomic E-state index is 0.116. The fourth-order valence-electron chi connectivity index (χ4n) is 3.24. The summed E-state index contributed by atoms with van der Waals surface area (Å²) in [6.45, 7) is 2.20. The summed E-state index contributed by atoms with van der Waals surface area (Å²) >= 11 is 0. The molecule has 32 heavy (non-hydrogen) atoms. The number of halogens is 1. The van der Waals surface area contributed by atoms with E-state index in [-0.39, 0.29) is 29.6 Å². The van der Waals surface area contributed by atoms with E-state index in [1.54, 1.807) is 37.3 Å². The van der Waals surface area contributed by atoms with Crippen LogP contribution in [0.15, 0.2) is 41.2 Å². The number of carboxylic acid groups (broad SMARTS) is 1. The highest BCUT2D eigenvalue weighted by Crippen LogP contribution is 2.21. The number of nitrogens with one attached hydrogen (secondary N) is 3. The maximum absolute atomic E-state index is 14.8. The molecule has 168 valence electrons. The molecule has 3 rings (SSSR count). The molecule has 1 atom stereocenters. The molecule has 3 aromatic rings. The maximum atomic E-state index is 14.8. The highest BCUT2D eigenvalue weighted by atomic mass is 19.1. The number of nitrogens with zero attached hydrogens (tertiary/aromatic N) is 1. The predicted octanol–water partition coefficient (Wildman–Crippen LogP) is 1.90. The average molecular weight is 441 g/mol. The van der Waals surface area contributed by atoms with E-state index in [1.807, 2.05) is 0 Å². The number of carbonyl (C=O) groups excluding carboxylic acids is 1. The molecule has 0 fully saturated rings. The van der Waals surface area contributed by atoms with Crippen molar-refractivity contribution in [3.05, 3.63) is 69.5 Å². The van der Waals surface area contributed by atoms with Crippen molar-refractivity contribution in [2.75, 3.05) is 11.9 Å². The number of anilines is 1. The van der Waals surface area contributed by atoms with E-state index in [4.69, 9.17) is 5.73 Å². The Morgan fingerprint density at radius 3 is 2.59 bits per heavy atom. The first-order valence-corrected chi connectivity index (χ1v) is 10.1. The number of rotatable bonds is 9. The number of amides is 1. The monoisotopic (exact) mass is 441 g/mol. The summed E-state index contributed by atoms with van der Waals surface area (Å²) < 4.78 is 14.8. The van der Waals surface area contributed by atoms with Gasteiger partial charge in [0.2, 0.25) is 0 Å². The largest absolute Gasteiger partial charge is 0.480 e. The van der Waals surface area contributed by atoms with Crippen molar-refractivity contribution in [2.45, 2.75) is 32.4 Å². The smallest absolute Gasteiger partial charge is 0.326 e. The zero-order valence-corrected chi connectivity index (χ0v) is 17.4. The standard InChI is InChI=1S/C22H24FN5O4/c1-12-26-15-8-9-16(19(23)18(15)21(30)27-12)25-11-13-4-6-14(7-5-13)20(29)28-17(22(31)32)3-2-10-24/h4-9,17,25H,2-3,10-11,24H2,1H3,(H,28,29)(H,31,32)(H,26,27,30)/t17-/m0/s1. The number of aromatic amines is 1. The van der Waals surface area contributed by atoms with Crippen LogP contribution < -0.4 is 21.9 Å². The highest BCUT2D eigenvalue weighted by molar-refractivity contribution is 5.96. The number of nitrogens with two attached hydrogens (primary N) is 1. The first kappa shape index (κ1) is 22.9. The quantitative estimate of drug-likeness (QED) is 0.340. The first-order valence-electron chi connectivity index (χ1n) is 10.1. The summed E-state index contributed by atoms with van der Waals surface area (Å²) in [6, 6.07) is 8.54. The van der Waals surface area contributed by atoms with Crippen LogP contribution in [0.3, 0.4) is 0 Å². The van der Waals surface area contributed by atoms with E-state index < -0.39 is 29.3 Å². The van der Waals surface area contributed by atoms with Gasteiger partial charge in [0, 0.05) is 12.1 Å². The molecule has 0 aliphatic carbocycles. The Labute approximate surface area is 182 Å². The molecule has 0 unspecified atom stereocenters. The third kappa shape index (κ3) is 5.27. The number of hydrogen-bond acceptors (Lipinski definition) is 6. The van der Waals surface area contributed by atoms with E-state index in [0.29, 0.717) is 24.4 Å². The summed E-state index contributed by atoms with van der Waals surface area (Å²) in [5.41, 5.74) is 6.34. The normalized spacial score (nSPS) is 11.8. The second-order valence-electron chi connectivity index (χ2n) is 7.32. The van der Waals surface area contributed by atoms with Crippen LogP contribution in [0, 0.1) is 12.7 Å². The molecule has 0 aliphatic heterocycles. The van der Waals surface area contributed by atoms with Crippen molar-refractivity contribution < 1.29 is 19.1 Å². The maximum Gasteiger partial charge on any atom is 0.326 e. The lowest BCUT2D eigenvalue weighted by Gasteiger charge is -2.14. The van der Waals surface area contributed by atoms with Gasteiger partial charge in [-0.3, -0.25) is 9.59 Å². The van der Waals surface area contributed by atoms with Crippen molar-refractivity contribution >= 4 is 28.5 Å². The Hall–Kier alpha value is -3.79. The number of benzene rings is 2. The average Bonchev–Trinajstić information content (AvgIpc) is 2.75. The molecule has 0 aliphatic rings. The van der Waals surface area contributed by atoms with E-state index >= 15 is 0 Å². The van der Waals surface area contributed by atoms with Gasteiger partial charge in [0.05, 0.1) is 11.2 Å². The van der Waals surface area contributed by atoms with Gasteiger partial charge in [0.1, 0.15) is 17.3 Å². The number of hydrogen-bond donors (Lipinski definition) is 5. The number of aryl methyl sites for hydroxylation is 1. The van der Waals surface area contributed by atoms with Gasteiger partial charge in [0.25, 0.3) is 11.5 Å². The summed E-state index contributed by atoms with van der Waals surface area (Å²) in [6.07, 6.45) is 0.726. The summed E-state index contributed by atoms with van der Waals surface area (Å²) in [5, 5.41) is 14.5. The summed E-state index contributed by atoms with van der Waals surface area (Å²) in [7, 11) is 0. The van der Waals surface area contributed by atoms with Gasteiger partial charge in [-0.15, -0.1) is 0 Å². The Bertz CT molecular complexity index is 1190. The van der Waals surface area contributed by atoms with Crippen LogP contribution in [-0.4, -0.2) is 39.5 Å². The van der Waals surface area contributed by atoms with Crippen molar-refractivity contribution in [1.82, 2.24) is 15.3 Å². The number of aliphatic carboxylic acids is 1. The third-order valence-electron chi connectivity index (χ3n) is 4.93. The number of aromatic nitrogens is 2. The molecule has 6 N–H and O–H groups in total. The van der Waals surface area contributed by atoms with E-state index in [0.717, 1.165) is 5.56 Å². The molecular formula is C22H24FN5O4. The van der Waals surface area contributed by atoms with Crippen LogP contribution in [0.25, 0.3) is 10.9 Å².